The number of halogens is 2. The second kappa shape index (κ2) is 6.30. The lowest BCUT2D eigenvalue weighted by Crippen LogP contribution is -2.22. The van der Waals surface area contributed by atoms with Gasteiger partial charge in [-0.25, -0.2) is 4.39 Å². The highest BCUT2D eigenvalue weighted by molar-refractivity contribution is 9.10. The average molecular weight is 326 g/mol. The highest BCUT2D eigenvalue weighted by atomic mass is 79.9. The molecule has 0 amide bonds. The highest BCUT2D eigenvalue weighted by Gasteiger charge is 2.18. The molecule has 1 atom stereocenters. The molecule has 0 fully saturated rings. The average Bonchev–Trinajstić information content (AvgIpc) is 2.77. The summed E-state index contributed by atoms with van der Waals surface area (Å²) in [6, 6.07) is 6.81. The number of hydrogen-bond acceptors (Lipinski definition) is 2. The van der Waals surface area contributed by atoms with Gasteiger partial charge in [0.05, 0.1) is 22.4 Å². The Kier molecular flexibility index (Phi) is 4.71. The van der Waals surface area contributed by atoms with E-state index in [1.54, 1.807) is 18.3 Å². The lowest BCUT2D eigenvalue weighted by atomic mass is 10.0. The summed E-state index contributed by atoms with van der Waals surface area (Å²) < 4.78 is 16.2. The first-order valence-electron chi connectivity index (χ1n) is 6.28. The van der Waals surface area contributed by atoms with Crippen molar-refractivity contribution in [2.45, 2.75) is 25.9 Å². The van der Waals surface area contributed by atoms with E-state index in [0.29, 0.717) is 0 Å². The zero-order valence-electron chi connectivity index (χ0n) is 11.0. The van der Waals surface area contributed by atoms with E-state index in [2.05, 4.69) is 33.3 Å². The summed E-state index contributed by atoms with van der Waals surface area (Å²) in [5.74, 6) is -0.199. The number of benzene rings is 1. The van der Waals surface area contributed by atoms with Crippen molar-refractivity contribution >= 4 is 15.9 Å². The quantitative estimate of drug-likeness (QED) is 0.914. The largest absolute Gasteiger partial charge is 0.311 e. The standard InChI is InChI=1S/C14H17BrFN3/c1-3-19-14(12(15)9-18-19)13(17-2)8-10-5-4-6-11(16)7-10/h4-7,9,13,17H,3,8H2,1-2H3. The lowest BCUT2D eigenvalue weighted by Gasteiger charge is -2.18. The van der Waals surface area contributed by atoms with E-state index in [4.69, 9.17) is 0 Å². The summed E-state index contributed by atoms with van der Waals surface area (Å²) in [7, 11) is 1.91. The molecule has 1 aromatic carbocycles. The predicted molar refractivity (Wildman–Crippen MR) is 77.5 cm³/mol. The fourth-order valence-electron chi connectivity index (χ4n) is 2.21. The monoisotopic (exact) mass is 325 g/mol. The lowest BCUT2D eigenvalue weighted by molar-refractivity contribution is 0.510. The van der Waals surface area contributed by atoms with Gasteiger partial charge in [0.1, 0.15) is 5.82 Å². The first-order chi connectivity index (χ1) is 9.15. The number of hydrogen-bond donors (Lipinski definition) is 1. The van der Waals surface area contributed by atoms with Gasteiger partial charge in [-0.15, -0.1) is 0 Å². The summed E-state index contributed by atoms with van der Waals surface area (Å²) in [6.07, 6.45) is 2.52. The van der Waals surface area contributed by atoms with Gasteiger partial charge in [-0.05, 0) is 54.0 Å². The van der Waals surface area contributed by atoms with Crippen LogP contribution in [-0.2, 0) is 13.0 Å². The molecule has 0 radical (unpaired) electrons. The predicted octanol–water partition coefficient (Wildman–Crippen LogP) is 3.31. The summed E-state index contributed by atoms with van der Waals surface area (Å²) in [5.41, 5.74) is 2.06. The Hall–Kier alpha value is -1.20. The number of rotatable bonds is 5. The summed E-state index contributed by atoms with van der Waals surface area (Å²) in [6.45, 7) is 2.86. The van der Waals surface area contributed by atoms with Gasteiger partial charge in [0.15, 0.2) is 0 Å². The highest BCUT2D eigenvalue weighted by Crippen LogP contribution is 2.26. The van der Waals surface area contributed by atoms with Crippen LogP contribution in [0.5, 0.6) is 0 Å². The van der Waals surface area contributed by atoms with Crippen LogP contribution < -0.4 is 5.32 Å². The second-order valence-corrected chi connectivity index (χ2v) is 5.22. The molecule has 19 heavy (non-hydrogen) atoms. The molecule has 0 aliphatic carbocycles. The maximum Gasteiger partial charge on any atom is 0.123 e. The summed E-state index contributed by atoms with van der Waals surface area (Å²) in [5, 5.41) is 7.59. The SMILES string of the molecule is CCn1ncc(Br)c1C(Cc1cccc(F)c1)NC. The van der Waals surface area contributed by atoms with E-state index in [-0.39, 0.29) is 11.9 Å². The molecule has 1 aromatic heterocycles. The zero-order valence-corrected chi connectivity index (χ0v) is 12.6. The number of nitrogens with one attached hydrogen (secondary N) is 1. The third-order valence-corrected chi connectivity index (χ3v) is 3.75. The topological polar surface area (TPSA) is 29.9 Å². The summed E-state index contributed by atoms with van der Waals surface area (Å²) >= 11 is 3.53. The van der Waals surface area contributed by atoms with Gasteiger partial charge in [0.2, 0.25) is 0 Å². The molecular weight excluding hydrogens is 309 g/mol. The molecule has 2 aromatic rings. The van der Waals surface area contributed by atoms with Crippen LogP contribution in [0.15, 0.2) is 34.9 Å². The third kappa shape index (κ3) is 3.22. The van der Waals surface area contributed by atoms with E-state index >= 15 is 0 Å². The van der Waals surface area contributed by atoms with Crippen molar-refractivity contribution in [3.63, 3.8) is 0 Å². The number of likely N-dealkylation sites (N-methyl/N-ethyl adjacent to an activating group) is 1. The van der Waals surface area contributed by atoms with Crippen LogP contribution in [0.3, 0.4) is 0 Å². The molecule has 102 valence electrons. The molecule has 5 heteroatoms. The molecular formula is C14H17BrFN3. The van der Waals surface area contributed by atoms with Crippen LogP contribution in [0.2, 0.25) is 0 Å². The Labute approximate surface area is 121 Å². The number of aryl methyl sites for hydroxylation is 1. The Morgan fingerprint density at radius 2 is 2.26 bits per heavy atom. The molecule has 3 nitrogen and oxygen atoms in total. The molecule has 0 spiro atoms. The Morgan fingerprint density at radius 3 is 2.89 bits per heavy atom. The van der Waals surface area contributed by atoms with Crippen LogP contribution >= 0.6 is 15.9 Å². The van der Waals surface area contributed by atoms with Gasteiger partial charge in [-0.3, -0.25) is 4.68 Å². The maximum absolute atomic E-state index is 13.2. The molecule has 1 heterocycles. The van der Waals surface area contributed by atoms with Crippen LogP contribution in [0.4, 0.5) is 4.39 Å². The van der Waals surface area contributed by atoms with Crippen LogP contribution in [0, 0.1) is 5.82 Å². The van der Waals surface area contributed by atoms with E-state index in [0.717, 1.165) is 28.7 Å². The smallest absolute Gasteiger partial charge is 0.123 e. The van der Waals surface area contributed by atoms with Crippen molar-refractivity contribution in [1.29, 1.82) is 0 Å². The minimum atomic E-state index is -0.199. The summed E-state index contributed by atoms with van der Waals surface area (Å²) in [4.78, 5) is 0. The maximum atomic E-state index is 13.2. The van der Waals surface area contributed by atoms with Gasteiger partial charge in [-0.1, -0.05) is 12.1 Å². The van der Waals surface area contributed by atoms with E-state index in [9.17, 15) is 4.39 Å². The van der Waals surface area contributed by atoms with Gasteiger partial charge < -0.3 is 5.32 Å². The first-order valence-corrected chi connectivity index (χ1v) is 7.08. The third-order valence-electron chi connectivity index (χ3n) is 3.14. The molecule has 1 N–H and O–H groups in total. The molecule has 0 bridgehead atoms. The Balaban J connectivity index is 2.27. The normalized spacial score (nSPS) is 12.6. The Bertz CT molecular complexity index is 553. The van der Waals surface area contributed by atoms with Crippen molar-refractivity contribution in [2.75, 3.05) is 7.05 Å². The van der Waals surface area contributed by atoms with Crippen LogP contribution in [0.25, 0.3) is 0 Å². The van der Waals surface area contributed by atoms with Crippen molar-refractivity contribution in [3.8, 4) is 0 Å². The molecule has 0 aliphatic heterocycles. The van der Waals surface area contributed by atoms with Crippen LogP contribution in [-0.4, -0.2) is 16.8 Å². The molecule has 2 rings (SSSR count). The molecule has 0 saturated carbocycles. The fourth-order valence-corrected chi connectivity index (χ4v) is 2.78. The van der Waals surface area contributed by atoms with Gasteiger partial charge >= 0.3 is 0 Å². The molecule has 1 unspecified atom stereocenters. The molecule has 0 aliphatic rings. The van der Waals surface area contributed by atoms with E-state index in [1.807, 2.05) is 17.8 Å². The van der Waals surface area contributed by atoms with Gasteiger partial charge in [0.25, 0.3) is 0 Å². The van der Waals surface area contributed by atoms with Crippen molar-refractivity contribution in [2.24, 2.45) is 0 Å². The van der Waals surface area contributed by atoms with Gasteiger partial charge in [-0.2, -0.15) is 5.10 Å². The fraction of sp³-hybridized carbons (Fsp3) is 0.357. The number of aromatic nitrogens is 2. The molecule has 0 saturated heterocycles. The first kappa shape index (κ1) is 14.2. The zero-order chi connectivity index (χ0) is 13.8. The van der Waals surface area contributed by atoms with Crippen LogP contribution in [0.1, 0.15) is 24.2 Å². The van der Waals surface area contributed by atoms with E-state index in [1.165, 1.54) is 6.07 Å². The van der Waals surface area contributed by atoms with Crippen molar-refractivity contribution < 1.29 is 4.39 Å². The van der Waals surface area contributed by atoms with Crippen molar-refractivity contribution in [3.05, 3.63) is 52.0 Å². The van der Waals surface area contributed by atoms with E-state index < -0.39 is 0 Å². The van der Waals surface area contributed by atoms with Crippen molar-refractivity contribution in [1.82, 2.24) is 15.1 Å². The minimum absolute atomic E-state index is 0.0959. The second-order valence-electron chi connectivity index (χ2n) is 4.37. The van der Waals surface area contributed by atoms with Gasteiger partial charge in [0, 0.05) is 6.54 Å². The Morgan fingerprint density at radius 1 is 1.47 bits per heavy atom. The minimum Gasteiger partial charge on any atom is -0.311 e. The number of nitrogens with zero attached hydrogens (tertiary/aromatic N) is 2.